The van der Waals surface area contributed by atoms with Crippen LogP contribution in [0.1, 0.15) is 13.8 Å². The topological polar surface area (TPSA) is 49.3 Å². The molecule has 0 saturated carbocycles. The number of hydrogen-bond donors (Lipinski definition) is 2. The van der Waals surface area contributed by atoms with Crippen LogP contribution >= 0.6 is 0 Å². The third-order valence-corrected chi connectivity index (χ3v) is 2.94. The van der Waals surface area contributed by atoms with Crippen LogP contribution in [-0.2, 0) is 10.8 Å². The SMILES string of the molecule is CCS(=O)CCNCC(C)CO. The molecule has 0 saturated heterocycles. The Morgan fingerprint density at radius 3 is 2.75 bits per heavy atom. The van der Waals surface area contributed by atoms with Crippen LogP contribution in [0.3, 0.4) is 0 Å². The van der Waals surface area contributed by atoms with Crippen LogP contribution in [0.2, 0.25) is 0 Å². The zero-order valence-corrected chi connectivity index (χ0v) is 8.69. The van der Waals surface area contributed by atoms with E-state index in [2.05, 4.69) is 5.32 Å². The standard InChI is InChI=1S/C8H19NO2S/c1-3-12(11)5-4-9-6-8(2)7-10/h8-10H,3-7H2,1-2H3. The molecule has 0 aliphatic rings. The Morgan fingerprint density at radius 2 is 2.25 bits per heavy atom. The molecule has 2 unspecified atom stereocenters. The molecule has 74 valence electrons. The van der Waals surface area contributed by atoms with Crippen LogP contribution in [0.15, 0.2) is 0 Å². The van der Waals surface area contributed by atoms with E-state index in [-0.39, 0.29) is 6.61 Å². The van der Waals surface area contributed by atoms with Crippen molar-refractivity contribution < 1.29 is 9.32 Å². The molecule has 0 aromatic carbocycles. The van der Waals surface area contributed by atoms with E-state index in [0.29, 0.717) is 11.7 Å². The normalized spacial score (nSPS) is 15.9. The summed E-state index contributed by atoms with van der Waals surface area (Å²) in [5.41, 5.74) is 0. The highest BCUT2D eigenvalue weighted by Gasteiger charge is 1.99. The van der Waals surface area contributed by atoms with Gasteiger partial charge in [-0.2, -0.15) is 0 Å². The summed E-state index contributed by atoms with van der Waals surface area (Å²) >= 11 is 0. The summed E-state index contributed by atoms with van der Waals surface area (Å²) in [6.45, 7) is 5.70. The molecule has 0 radical (unpaired) electrons. The third kappa shape index (κ3) is 6.76. The van der Waals surface area contributed by atoms with Gasteiger partial charge in [-0.3, -0.25) is 4.21 Å². The second-order valence-electron chi connectivity index (χ2n) is 2.92. The maximum atomic E-state index is 10.9. The number of rotatable bonds is 7. The Balaban J connectivity index is 3.15. The Bertz CT molecular complexity index is 130. The fraction of sp³-hybridized carbons (Fsp3) is 1.00. The predicted octanol–water partition coefficient (Wildman–Crippen LogP) is -0.0270. The molecule has 4 heteroatoms. The van der Waals surface area contributed by atoms with Gasteiger partial charge in [0, 0.05) is 35.5 Å². The molecule has 2 atom stereocenters. The molecule has 12 heavy (non-hydrogen) atoms. The lowest BCUT2D eigenvalue weighted by Gasteiger charge is -2.08. The summed E-state index contributed by atoms with van der Waals surface area (Å²) in [4.78, 5) is 0. The first-order valence-corrected chi connectivity index (χ1v) is 5.86. The highest BCUT2D eigenvalue weighted by atomic mass is 32.2. The van der Waals surface area contributed by atoms with E-state index in [0.717, 1.165) is 18.8 Å². The molecule has 0 aromatic heterocycles. The minimum atomic E-state index is -0.669. The van der Waals surface area contributed by atoms with Crippen molar-refractivity contribution in [3.05, 3.63) is 0 Å². The second kappa shape index (κ2) is 7.71. The van der Waals surface area contributed by atoms with Gasteiger partial charge in [0.05, 0.1) is 0 Å². The largest absolute Gasteiger partial charge is 0.396 e. The van der Waals surface area contributed by atoms with E-state index in [9.17, 15) is 4.21 Å². The minimum absolute atomic E-state index is 0.212. The van der Waals surface area contributed by atoms with Crippen molar-refractivity contribution in [3.8, 4) is 0 Å². The molecule has 0 spiro atoms. The van der Waals surface area contributed by atoms with Crippen molar-refractivity contribution in [3.63, 3.8) is 0 Å². The van der Waals surface area contributed by atoms with Crippen molar-refractivity contribution in [2.75, 3.05) is 31.2 Å². The molecular formula is C8H19NO2S. The van der Waals surface area contributed by atoms with Gasteiger partial charge in [-0.15, -0.1) is 0 Å². The lowest BCUT2D eigenvalue weighted by molar-refractivity contribution is 0.234. The summed E-state index contributed by atoms with van der Waals surface area (Å²) in [5.74, 6) is 1.74. The van der Waals surface area contributed by atoms with Crippen molar-refractivity contribution in [1.82, 2.24) is 5.32 Å². The molecule has 0 bridgehead atoms. The van der Waals surface area contributed by atoms with Gasteiger partial charge in [-0.25, -0.2) is 0 Å². The average molecular weight is 193 g/mol. The monoisotopic (exact) mass is 193 g/mol. The minimum Gasteiger partial charge on any atom is -0.396 e. The second-order valence-corrected chi connectivity index (χ2v) is 4.79. The predicted molar refractivity (Wildman–Crippen MR) is 52.7 cm³/mol. The van der Waals surface area contributed by atoms with E-state index in [1.165, 1.54) is 0 Å². The van der Waals surface area contributed by atoms with Crippen LogP contribution in [0, 0.1) is 5.92 Å². The first-order valence-electron chi connectivity index (χ1n) is 4.37. The van der Waals surface area contributed by atoms with Gasteiger partial charge in [0.1, 0.15) is 0 Å². The van der Waals surface area contributed by atoms with Gasteiger partial charge in [0.25, 0.3) is 0 Å². The quantitative estimate of drug-likeness (QED) is 0.558. The number of hydrogen-bond acceptors (Lipinski definition) is 3. The Hall–Kier alpha value is 0.0700. The van der Waals surface area contributed by atoms with Gasteiger partial charge in [0.15, 0.2) is 0 Å². The van der Waals surface area contributed by atoms with Crippen molar-refractivity contribution >= 4 is 10.8 Å². The van der Waals surface area contributed by atoms with Crippen LogP contribution < -0.4 is 5.32 Å². The van der Waals surface area contributed by atoms with E-state index in [1.807, 2.05) is 13.8 Å². The number of aliphatic hydroxyl groups is 1. The van der Waals surface area contributed by atoms with Gasteiger partial charge in [-0.05, 0) is 12.5 Å². The Morgan fingerprint density at radius 1 is 1.58 bits per heavy atom. The molecule has 0 aliphatic heterocycles. The van der Waals surface area contributed by atoms with Gasteiger partial charge >= 0.3 is 0 Å². The summed E-state index contributed by atoms with van der Waals surface area (Å²) in [6.07, 6.45) is 0. The highest BCUT2D eigenvalue weighted by molar-refractivity contribution is 7.84. The number of nitrogens with one attached hydrogen (secondary N) is 1. The molecule has 0 aliphatic carbocycles. The van der Waals surface area contributed by atoms with Crippen molar-refractivity contribution in [1.29, 1.82) is 0 Å². The molecule has 0 fully saturated rings. The van der Waals surface area contributed by atoms with E-state index in [4.69, 9.17) is 5.11 Å². The average Bonchev–Trinajstić information content (AvgIpc) is 2.11. The maximum absolute atomic E-state index is 10.9. The molecule has 3 nitrogen and oxygen atoms in total. The molecule has 0 amide bonds. The van der Waals surface area contributed by atoms with Gasteiger partial charge < -0.3 is 10.4 Å². The first kappa shape index (κ1) is 12.1. The van der Waals surface area contributed by atoms with E-state index >= 15 is 0 Å². The molecule has 0 aromatic rings. The van der Waals surface area contributed by atoms with Gasteiger partial charge in [-0.1, -0.05) is 13.8 Å². The molecule has 0 rings (SSSR count). The zero-order chi connectivity index (χ0) is 9.40. The van der Waals surface area contributed by atoms with Crippen LogP contribution in [0.4, 0.5) is 0 Å². The lowest BCUT2D eigenvalue weighted by atomic mass is 10.2. The smallest absolute Gasteiger partial charge is 0.0468 e. The van der Waals surface area contributed by atoms with Crippen molar-refractivity contribution in [2.45, 2.75) is 13.8 Å². The zero-order valence-electron chi connectivity index (χ0n) is 7.88. The Kier molecular flexibility index (Phi) is 7.75. The van der Waals surface area contributed by atoms with Crippen molar-refractivity contribution in [2.24, 2.45) is 5.92 Å². The fourth-order valence-corrected chi connectivity index (χ4v) is 1.40. The molecule has 0 heterocycles. The lowest BCUT2D eigenvalue weighted by Crippen LogP contribution is -2.27. The number of aliphatic hydroxyl groups excluding tert-OH is 1. The maximum Gasteiger partial charge on any atom is 0.0468 e. The highest BCUT2D eigenvalue weighted by Crippen LogP contribution is 1.88. The Labute approximate surface area is 77.0 Å². The summed E-state index contributed by atoms with van der Waals surface area (Å²) in [6, 6.07) is 0. The fourth-order valence-electron chi connectivity index (χ4n) is 0.743. The summed E-state index contributed by atoms with van der Waals surface area (Å²) in [7, 11) is -0.669. The first-order chi connectivity index (χ1) is 5.70. The van der Waals surface area contributed by atoms with E-state index in [1.54, 1.807) is 0 Å². The van der Waals surface area contributed by atoms with E-state index < -0.39 is 10.8 Å². The van der Waals surface area contributed by atoms with Crippen LogP contribution in [0.5, 0.6) is 0 Å². The third-order valence-electron chi connectivity index (χ3n) is 1.63. The molecular weight excluding hydrogens is 174 g/mol. The van der Waals surface area contributed by atoms with Gasteiger partial charge in [0.2, 0.25) is 0 Å². The summed E-state index contributed by atoms with van der Waals surface area (Å²) < 4.78 is 10.9. The van der Waals surface area contributed by atoms with Crippen LogP contribution in [0.25, 0.3) is 0 Å². The molecule has 2 N–H and O–H groups in total. The summed E-state index contributed by atoms with van der Waals surface area (Å²) in [5, 5.41) is 11.8. The van der Waals surface area contributed by atoms with Crippen LogP contribution in [-0.4, -0.2) is 40.5 Å².